The van der Waals surface area contributed by atoms with Gasteiger partial charge in [-0.1, -0.05) is 36.4 Å². The van der Waals surface area contributed by atoms with Crippen LogP contribution in [0.15, 0.2) is 66.9 Å². The second kappa shape index (κ2) is 8.64. The fraction of sp³-hybridized carbons (Fsp3) is 0.231. The van der Waals surface area contributed by atoms with Crippen LogP contribution in [0.5, 0.6) is 5.75 Å². The fourth-order valence-corrected chi connectivity index (χ4v) is 3.68. The first kappa shape index (κ1) is 20.7. The Balaban J connectivity index is 1.55. The lowest BCUT2D eigenvalue weighted by Crippen LogP contribution is -2.26. The van der Waals surface area contributed by atoms with E-state index in [9.17, 15) is 4.79 Å². The van der Waals surface area contributed by atoms with Crippen LogP contribution in [0.3, 0.4) is 0 Å². The predicted molar refractivity (Wildman–Crippen MR) is 124 cm³/mol. The number of methoxy groups -OCH3 is 1. The van der Waals surface area contributed by atoms with Crippen molar-refractivity contribution in [2.45, 2.75) is 33.4 Å². The van der Waals surface area contributed by atoms with E-state index in [0.717, 1.165) is 27.8 Å². The van der Waals surface area contributed by atoms with Crippen LogP contribution < -0.4 is 10.1 Å². The highest BCUT2D eigenvalue weighted by molar-refractivity contribution is 5.98. The molecule has 0 unspecified atom stereocenters. The highest BCUT2D eigenvalue weighted by Crippen LogP contribution is 2.21. The second-order valence-electron chi connectivity index (χ2n) is 7.97. The molecule has 0 spiro atoms. The van der Waals surface area contributed by atoms with Crippen LogP contribution in [0.1, 0.15) is 45.6 Å². The average Bonchev–Trinajstić information content (AvgIpc) is 3.17. The van der Waals surface area contributed by atoms with E-state index in [2.05, 4.69) is 42.5 Å². The molecule has 0 saturated heterocycles. The number of nitrogens with zero attached hydrogens (tertiary/aromatic N) is 2. The first-order valence-corrected chi connectivity index (χ1v) is 10.4. The van der Waals surface area contributed by atoms with Crippen LogP contribution in [0.2, 0.25) is 0 Å². The zero-order chi connectivity index (χ0) is 22.0. The van der Waals surface area contributed by atoms with E-state index in [1.165, 1.54) is 11.1 Å². The Kier molecular flexibility index (Phi) is 5.76. The maximum atomic E-state index is 12.9. The molecule has 4 rings (SSSR count). The van der Waals surface area contributed by atoms with E-state index in [1.807, 2.05) is 60.3 Å². The Bertz CT molecular complexity index is 1240. The summed E-state index contributed by atoms with van der Waals surface area (Å²) in [4.78, 5) is 12.9. The molecule has 0 radical (unpaired) electrons. The molecular weight excluding hydrogens is 386 g/mol. The molecular formula is C26H27N3O2. The van der Waals surface area contributed by atoms with E-state index in [-0.39, 0.29) is 11.9 Å². The Morgan fingerprint density at radius 1 is 1.06 bits per heavy atom. The molecule has 1 amide bonds. The number of benzene rings is 3. The highest BCUT2D eigenvalue weighted by Gasteiger charge is 2.14. The molecule has 0 aliphatic rings. The number of hydrogen-bond donors (Lipinski definition) is 1. The molecule has 0 saturated carbocycles. The largest absolute Gasteiger partial charge is 0.497 e. The topological polar surface area (TPSA) is 56.2 Å². The molecule has 31 heavy (non-hydrogen) atoms. The van der Waals surface area contributed by atoms with Crippen LogP contribution in [0.4, 0.5) is 0 Å². The van der Waals surface area contributed by atoms with Crippen molar-refractivity contribution >= 4 is 16.8 Å². The zero-order valence-corrected chi connectivity index (χ0v) is 18.3. The van der Waals surface area contributed by atoms with Crippen LogP contribution in [-0.4, -0.2) is 22.8 Å². The fourth-order valence-electron chi connectivity index (χ4n) is 3.68. The van der Waals surface area contributed by atoms with Crippen molar-refractivity contribution in [3.05, 3.63) is 94.7 Å². The lowest BCUT2D eigenvalue weighted by atomic mass is 10.0. The van der Waals surface area contributed by atoms with Gasteiger partial charge in [0.1, 0.15) is 5.75 Å². The number of ether oxygens (including phenoxy) is 1. The van der Waals surface area contributed by atoms with Gasteiger partial charge in [0.15, 0.2) is 0 Å². The Labute approximate surface area is 182 Å². The summed E-state index contributed by atoms with van der Waals surface area (Å²) >= 11 is 0. The van der Waals surface area contributed by atoms with E-state index >= 15 is 0 Å². The molecule has 1 aromatic heterocycles. The molecule has 5 heteroatoms. The summed E-state index contributed by atoms with van der Waals surface area (Å²) in [6.07, 6.45) is 1.83. The summed E-state index contributed by atoms with van der Waals surface area (Å²) in [6.45, 7) is 6.79. The quantitative estimate of drug-likeness (QED) is 0.473. The molecule has 1 heterocycles. The number of hydrogen-bond acceptors (Lipinski definition) is 3. The Morgan fingerprint density at radius 2 is 1.90 bits per heavy atom. The van der Waals surface area contributed by atoms with Gasteiger partial charge in [-0.15, -0.1) is 0 Å². The maximum Gasteiger partial charge on any atom is 0.251 e. The van der Waals surface area contributed by atoms with Gasteiger partial charge in [-0.05, 0) is 67.3 Å². The van der Waals surface area contributed by atoms with E-state index in [4.69, 9.17) is 4.74 Å². The van der Waals surface area contributed by atoms with Crippen LogP contribution >= 0.6 is 0 Å². The molecule has 0 fully saturated rings. The van der Waals surface area contributed by atoms with Crippen molar-refractivity contribution in [2.24, 2.45) is 0 Å². The molecule has 0 bridgehead atoms. The van der Waals surface area contributed by atoms with Crippen molar-refractivity contribution in [1.82, 2.24) is 15.1 Å². The highest BCUT2D eigenvalue weighted by atomic mass is 16.5. The standard InChI is InChI=1S/C26H27N3O2/c1-17-8-9-21(12-18(17)2)19(3)28-26(30)22-10-11-23-15-27-29(25(23)14-22)16-20-6-5-7-24(13-20)31-4/h5-15,19H,16H2,1-4H3,(H,28,30)/t19-/m0/s1. The Hall–Kier alpha value is -3.60. The molecule has 5 nitrogen and oxygen atoms in total. The third-order valence-corrected chi connectivity index (χ3v) is 5.75. The van der Waals surface area contributed by atoms with Gasteiger partial charge in [-0.3, -0.25) is 9.48 Å². The van der Waals surface area contributed by atoms with Crippen molar-refractivity contribution in [1.29, 1.82) is 0 Å². The molecule has 1 atom stereocenters. The first-order valence-electron chi connectivity index (χ1n) is 10.4. The minimum Gasteiger partial charge on any atom is -0.497 e. The summed E-state index contributed by atoms with van der Waals surface area (Å²) < 4.78 is 7.23. The molecule has 158 valence electrons. The van der Waals surface area contributed by atoms with Gasteiger partial charge < -0.3 is 10.1 Å². The van der Waals surface area contributed by atoms with Gasteiger partial charge in [-0.25, -0.2) is 0 Å². The van der Waals surface area contributed by atoms with E-state index < -0.39 is 0 Å². The SMILES string of the molecule is COc1cccc(Cn2ncc3ccc(C(=O)N[C@@H](C)c4ccc(C)c(C)c4)cc32)c1. The van der Waals surface area contributed by atoms with Gasteiger partial charge >= 0.3 is 0 Å². The van der Waals surface area contributed by atoms with E-state index in [1.54, 1.807) is 7.11 Å². The van der Waals surface area contributed by atoms with Gasteiger partial charge in [-0.2, -0.15) is 5.10 Å². The summed E-state index contributed by atoms with van der Waals surface area (Å²) in [5.41, 5.74) is 6.20. The Morgan fingerprint density at radius 3 is 2.68 bits per heavy atom. The number of rotatable bonds is 6. The molecule has 0 aliphatic heterocycles. The van der Waals surface area contributed by atoms with Crippen molar-refractivity contribution in [3.8, 4) is 5.75 Å². The average molecular weight is 414 g/mol. The number of amides is 1. The summed E-state index contributed by atoms with van der Waals surface area (Å²) in [5.74, 6) is 0.719. The first-order chi connectivity index (χ1) is 14.9. The minimum atomic E-state index is -0.0956. The zero-order valence-electron chi connectivity index (χ0n) is 18.3. The predicted octanol–water partition coefficient (Wildman–Crippen LogP) is 5.20. The normalized spacial score (nSPS) is 12.0. The third kappa shape index (κ3) is 4.45. The number of fused-ring (bicyclic) bond motifs is 1. The third-order valence-electron chi connectivity index (χ3n) is 5.75. The second-order valence-corrected chi connectivity index (χ2v) is 7.97. The van der Waals surface area contributed by atoms with Crippen LogP contribution in [-0.2, 0) is 6.54 Å². The maximum absolute atomic E-state index is 12.9. The van der Waals surface area contributed by atoms with Crippen molar-refractivity contribution in [2.75, 3.05) is 7.11 Å². The van der Waals surface area contributed by atoms with Crippen molar-refractivity contribution < 1.29 is 9.53 Å². The molecule has 0 aliphatic carbocycles. The van der Waals surface area contributed by atoms with Crippen LogP contribution in [0, 0.1) is 13.8 Å². The number of nitrogens with one attached hydrogen (secondary N) is 1. The van der Waals surface area contributed by atoms with Crippen molar-refractivity contribution in [3.63, 3.8) is 0 Å². The number of aromatic nitrogens is 2. The summed E-state index contributed by atoms with van der Waals surface area (Å²) in [7, 11) is 1.66. The molecule has 3 aromatic carbocycles. The number of carbonyl (C=O) groups excluding carboxylic acids is 1. The number of carbonyl (C=O) groups is 1. The summed E-state index contributed by atoms with van der Waals surface area (Å²) in [5, 5.41) is 8.63. The van der Waals surface area contributed by atoms with E-state index in [0.29, 0.717) is 12.1 Å². The number of aryl methyl sites for hydroxylation is 2. The smallest absolute Gasteiger partial charge is 0.251 e. The van der Waals surface area contributed by atoms with Gasteiger partial charge in [0.25, 0.3) is 5.91 Å². The monoisotopic (exact) mass is 413 g/mol. The lowest BCUT2D eigenvalue weighted by molar-refractivity contribution is 0.0940. The minimum absolute atomic E-state index is 0.0795. The van der Waals surface area contributed by atoms with Crippen LogP contribution in [0.25, 0.3) is 10.9 Å². The van der Waals surface area contributed by atoms with Gasteiger partial charge in [0, 0.05) is 10.9 Å². The lowest BCUT2D eigenvalue weighted by Gasteiger charge is -2.16. The van der Waals surface area contributed by atoms with Gasteiger partial charge in [0.2, 0.25) is 0 Å². The van der Waals surface area contributed by atoms with Gasteiger partial charge in [0.05, 0.1) is 31.4 Å². The molecule has 4 aromatic rings. The molecule has 1 N–H and O–H groups in total. The summed E-state index contributed by atoms with van der Waals surface area (Å²) in [6, 6.07) is 19.8.